The summed E-state index contributed by atoms with van der Waals surface area (Å²) in [7, 11) is 0. The highest BCUT2D eigenvalue weighted by Crippen LogP contribution is 2.44. The molecule has 1 heterocycles. The zero-order chi connectivity index (χ0) is 24.5. The van der Waals surface area contributed by atoms with Crippen molar-refractivity contribution in [2.75, 3.05) is 12.4 Å². The molecule has 172 valence electrons. The number of dihydropyridines is 1. The Kier molecular flexibility index (Phi) is 8.44. The predicted octanol–water partition coefficient (Wildman–Crippen LogP) is 5.03. The van der Waals surface area contributed by atoms with Crippen molar-refractivity contribution in [2.24, 2.45) is 0 Å². The van der Waals surface area contributed by atoms with Crippen molar-refractivity contribution in [3.63, 3.8) is 0 Å². The first-order valence-electron chi connectivity index (χ1n) is 10.6. The number of hydrogen-bond acceptors (Lipinski definition) is 8. The summed E-state index contributed by atoms with van der Waals surface area (Å²) in [4.78, 5) is 24.2. The molecule has 0 amide bonds. The van der Waals surface area contributed by atoms with Gasteiger partial charge in [0.2, 0.25) is 0 Å². The summed E-state index contributed by atoms with van der Waals surface area (Å²) in [5.74, 6) is -0.884. The topological polar surface area (TPSA) is 129 Å². The molecule has 8 nitrogen and oxygen atoms in total. The number of carbonyl (C=O) groups is 1. The van der Waals surface area contributed by atoms with Crippen molar-refractivity contribution in [1.29, 1.82) is 10.5 Å². The third-order valence-electron chi connectivity index (χ3n) is 5.10. The number of hydrogen-bond donors (Lipinski definition) is 1. The molecule has 34 heavy (non-hydrogen) atoms. The van der Waals surface area contributed by atoms with Crippen LogP contribution in [0.1, 0.15) is 36.8 Å². The highest BCUT2D eigenvalue weighted by molar-refractivity contribution is 8.03. The van der Waals surface area contributed by atoms with Gasteiger partial charge in [0.15, 0.2) is 0 Å². The Balaban J connectivity index is 2.25. The fourth-order valence-corrected chi connectivity index (χ4v) is 4.62. The molecule has 0 fully saturated rings. The minimum Gasteiger partial charge on any atom is -0.463 e. The quantitative estimate of drug-likeness (QED) is 0.232. The molecule has 0 saturated heterocycles. The van der Waals surface area contributed by atoms with Crippen LogP contribution < -0.4 is 5.32 Å². The first-order chi connectivity index (χ1) is 16.5. The van der Waals surface area contributed by atoms with Gasteiger partial charge in [0, 0.05) is 24.3 Å². The van der Waals surface area contributed by atoms with Crippen LogP contribution in [0, 0.1) is 32.8 Å². The highest BCUT2D eigenvalue weighted by Gasteiger charge is 2.37. The van der Waals surface area contributed by atoms with Crippen LogP contribution in [-0.2, 0) is 9.53 Å². The predicted molar refractivity (Wildman–Crippen MR) is 129 cm³/mol. The van der Waals surface area contributed by atoms with Gasteiger partial charge in [-0.3, -0.25) is 10.1 Å². The number of nitriles is 2. The number of allylic oxidation sites excluding steroid dienone is 1. The first-order valence-corrected chi connectivity index (χ1v) is 11.6. The summed E-state index contributed by atoms with van der Waals surface area (Å²) in [6.07, 6.45) is 1.01. The van der Waals surface area contributed by atoms with Gasteiger partial charge in [-0.2, -0.15) is 10.5 Å². The van der Waals surface area contributed by atoms with E-state index in [9.17, 15) is 20.2 Å². The summed E-state index contributed by atoms with van der Waals surface area (Å²) in [6.45, 7) is 1.82. The molecule has 1 atom stereocenters. The lowest BCUT2D eigenvalue weighted by Gasteiger charge is -2.30. The van der Waals surface area contributed by atoms with Crippen LogP contribution in [0.25, 0.3) is 5.70 Å². The third kappa shape index (κ3) is 5.45. The molecule has 0 bridgehead atoms. The zero-order valence-electron chi connectivity index (χ0n) is 18.5. The number of nitro benzene ring substituents is 1. The average Bonchev–Trinajstić information content (AvgIpc) is 2.86. The number of non-ortho nitro benzene ring substituents is 1. The Morgan fingerprint density at radius 1 is 1.21 bits per heavy atom. The number of nitrogens with one attached hydrogen (secondary N) is 1. The van der Waals surface area contributed by atoms with Crippen LogP contribution in [0.3, 0.4) is 0 Å². The number of esters is 1. The maximum atomic E-state index is 13.2. The highest BCUT2D eigenvalue weighted by atomic mass is 32.2. The van der Waals surface area contributed by atoms with E-state index in [0.717, 1.165) is 0 Å². The SMILES string of the molecule is CCOC(=O)C1=C(c2ccccc2)NC(SCCCC#N)=C(C#N)[C@@H]1c1cccc([N+](=O)[O-])c1. The molecule has 2 aromatic rings. The second-order valence-corrected chi connectivity index (χ2v) is 8.36. The van der Waals surface area contributed by atoms with E-state index in [2.05, 4.69) is 17.5 Å². The molecule has 3 rings (SSSR count). The lowest BCUT2D eigenvalue weighted by atomic mass is 9.81. The molecular weight excluding hydrogens is 452 g/mol. The number of unbranched alkanes of at least 4 members (excludes halogenated alkanes) is 1. The molecular formula is C25H22N4O4S. The number of benzene rings is 2. The summed E-state index contributed by atoms with van der Waals surface area (Å²) >= 11 is 1.38. The Bertz CT molecular complexity index is 1230. The maximum Gasteiger partial charge on any atom is 0.337 e. The van der Waals surface area contributed by atoms with Crippen molar-refractivity contribution >= 4 is 29.1 Å². The fourth-order valence-electron chi connectivity index (χ4n) is 3.64. The molecule has 1 aliphatic rings. The number of ether oxygens (including phenoxy) is 1. The van der Waals surface area contributed by atoms with Crippen molar-refractivity contribution < 1.29 is 14.5 Å². The second-order valence-electron chi connectivity index (χ2n) is 7.25. The minimum atomic E-state index is -0.862. The summed E-state index contributed by atoms with van der Waals surface area (Å²) < 4.78 is 5.36. The van der Waals surface area contributed by atoms with E-state index in [1.807, 2.05) is 30.3 Å². The van der Waals surface area contributed by atoms with E-state index in [4.69, 9.17) is 10.00 Å². The summed E-state index contributed by atoms with van der Waals surface area (Å²) in [6, 6.07) is 19.4. The van der Waals surface area contributed by atoms with E-state index >= 15 is 0 Å². The van der Waals surface area contributed by atoms with Gasteiger partial charge < -0.3 is 10.1 Å². The third-order valence-corrected chi connectivity index (χ3v) is 6.21. The van der Waals surface area contributed by atoms with Crippen LogP contribution in [-0.4, -0.2) is 23.3 Å². The van der Waals surface area contributed by atoms with Gasteiger partial charge in [0.25, 0.3) is 5.69 Å². The molecule has 1 N–H and O–H groups in total. The number of rotatable bonds is 9. The summed E-state index contributed by atoms with van der Waals surface area (Å²) in [5, 5.41) is 34.2. The Morgan fingerprint density at radius 3 is 2.62 bits per heavy atom. The van der Waals surface area contributed by atoms with Gasteiger partial charge in [-0.15, -0.1) is 11.8 Å². The van der Waals surface area contributed by atoms with Crippen LogP contribution in [0.4, 0.5) is 5.69 Å². The lowest BCUT2D eigenvalue weighted by molar-refractivity contribution is -0.384. The lowest BCUT2D eigenvalue weighted by Crippen LogP contribution is -2.29. The Labute approximate surface area is 201 Å². The van der Waals surface area contributed by atoms with Gasteiger partial charge in [-0.1, -0.05) is 42.5 Å². The van der Waals surface area contributed by atoms with Crippen LogP contribution in [0.15, 0.2) is 70.8 Å². The van der Waals surface area contributed by atoms with Crippen molar-refractivity contribution in [3.05, 3.63) is 92.0 Å². The zero-order valence-corrected chi connectivity index (χ0v) is 19.3. The molecule has 9 heteroatoms. The van der Waals surface area contributed by atoms with Gasteiger partial charge in [0.1, 0.15) is 0 Å². The van der Waals surface area contributed by atoms with Gasteiger partial charge in [0.05, 0.1) is 51.5 Å². The molecule has 0 saturated carbocycles. The molecule has 0 aliphatic carbocycles. The van der Waals surface area contributed by atoms with Gasteiger partial charge >= 0.3 is 5.97 Å². The molecule has 0 unspecified atom stereocenters. The minimum absolute atomic E-state index is 0.132. The molecule has 0 spiro atoms. The van der Waals surface area contributed by atoms with Crippen LogP contribution in [0.5, 0.6) is 0 Å². The molecule has 1 aliphatic heterocycles. The van der Waals surface area contributed by atoms with Crippen molar-refractivity contribution in [3.8, 4) is 12.1 Å². The van der Waals surface area contributed by atoms with Crippen molar-refractivity contribution in [1.82, 2.24) is 5.32 Å². The van der Waals surface area contributed by atoms with Gasteiger partial charge in [-0.25, -0.2) is 4.79 Å². The molecule has 2 aromatic carbocycles. The second kappa shape index (κ2) is 11.7. The fraction of sp³-hybridized carbons (Fsp3) is 0.240. The van der Waals surface area contributed by atoms with Crippen LogP contribution >= 0.6 is 11.8 Å². The summed E-state index contributed by atoms with van der Waals surface area (Å²) in [5.41, 5.74) is 1.99. The number of nitrogens with zero attached hydrogens (tertiary/aromatic N) is 3. The molecule has 0 radical (unpaired) electrons. The number of carbonyl (C=O) groups excluding carboxylic acids is 1. The van der Waals surface area contributed by atoms with Gasteiger partial charge in [-0.05, 0) is 24.5 Å². The smallest absolute Gasteiger partial charge is 0.337 e. The van der Waals surface area contributed by atoms with Crippen molar-refractivity contribution in [2.45, 2.75) is 25.7 Å². The van der Waals surface area contributed by atoms with E-state index in [0.29, 0.717) is 40.4 Å². The van der Waals surface area contributed by atoms with E-state index in [1.165, 1.54) is 30.0 Å². The average molecular weight is 475 g/mol. The van der Waals surface area contributed by atoms with E-state index in [-0.39, 0.29) is 23.4 Å². The Hall–Kier alpha value is -4.08. The Morgan fingerprint density at radius 2 is 1.97 bits per heavy atom. The van der Waals surface area contributed by atoms with E-state index < -0.39 is 16.8 Å². The van der Waals surface area contributed by atoms with Crippen LogP contribution in [0.2, 0.25) is 0 Å². The monoisotopic (exact) mass is 474 g/mol. The standard InChI is InChI=1S/C25H22N4O4S/c1-2-33-25(30)22-21(18-11-8-12-19(15-18)29(31)32)20(16-27)24(34-14-7-6-13-26)28-23(22)17-9-4-3-5-10-17/h3-5,8-12,15,21,28H,2,6-7,14H2,1H3/t21-/m0/s1. The van der Waals surface area contributed by atoms with E-state index in [1.54, 1.807) is 13.0 Å². The number of thioether (sulfide) groups is 1. The number of nitro groups is 1. The normalized spacial score (nSPS) is 15.2. The first kappa shape index (κ1) is 24.6. The molecule has 0 aromatic heterocycles. The largest absolute Gasteiger partial charge is 0.463 e. The maximum absolute atomic E-state index is 13.2.